The summed E-state index contributed by atoms with van der Waals surface area (Å²) >= 11 is 0. The lowest BCUT2D eigenvalue weighted by Crippen LogP contribution is -1.96. The van der Waals surface area contributed by atoms with E-state index in [1.807, 2.05) is 6.07 Å². The van der Waals surface area contributed by atoms with Gasteiger partial charge < -0.3 is 10.8 Å². The van der Waals surface area contributed by atoms with Crippen molar-refractivity contribution in [1.29, 1.82) is 0 Å². The summed E-state index contributed by atoms with van der Waals surface area (Å²) in [5, 5.41) is 9.96. The molecular weight excluding hydrogens is 210 g/mol. The van der Waals surface area contributed by atoms with Crippen LogP contribution in [0.3, 0.4) is 0 Å². The molecule has 2 heteroatoms. The number of rotatable bonds is 0. The number of phenols is 1. The van der Waals surface area contributed by atoms with E-state index in [0.717, 1.165) is 30.4 Å². The highest BCUT2D eigenvalue weighted by Crippen LogP contribution is 2.31. The Morgan fingerprint density at radius 1 is 0.941 bits per heavy atom. The van der Waals surface area contributed by atoms with Crippen LogP contribution in [-0.4, -0.2) is 5.11 Å². The highest BCUT2D eigenvalue weighted by molar-refractivity contribution is 5.55. The molecule has 1 aliphatic rings. The normalized spacial score (nSPS) is 13.6. The smallest absolute Gasteiger partial charge is 0.121 e. The van der Waals surface area contributed by atoms with Gasteiger partial charge in [-0.2, -0.15) is 0 Å². The summed E-state index contributed by atoms with van der Waals surface area (Å²) in [6, 6.07) is 12.1. The third-order valence-corrected chi connectivity index (χ3v) is 3.48. The Labute approximate surface area is 101 Å². The number of hydrogen-bond acceptors (Lipinski definition) is 2. The average molecular weight is 225 g/mol. The molecule has 0 bridgehead atoms. The van der Waals surface area contributed by atoms with Gasteiger partial charge in [-0.25, -0.2) is 0 Å². The minimum Gasteiger partial charge on any atom is -0.508 e. The van der Waals surface area contributed by atoms with Crippen molar-refractivity contribution >= 4 is 5.69 Å². The van der Waals surface area contributed by atoms with Crippen LogP contribution < -0.4 is 5.73 Å². The van der Waals surface area contributed by atoms with E-state index in [-0.39, 0.29) is 0 Å². The molecule has 0 saturated carbocycles. The number of anilines is 1. The van der Waals surface area contributed by atoms with Crippen LogP contribution in [0.15, 0.2) is 36.4 Å². The number of nitrogens with two attached hydrogens (primary N) is 1. The first kappa shape index (κ1) is 10.2. The predicted molar refractivity (Wildman–Crippen MR) is 69.2 cm³/mol. The van der Waals surface area contributed by atoms with Crippen LogP contribution in [0.25, 0.3) is 0 Å². The molecule has 86 valence electrons. The molecule has 0 heterocycles. The van der Waals surface area contributed by atoms with Crippen LogP contribution in [0, 0.1) is 0 Å². The molecule has 0 saturated heterocycles. The van der Waals surface area contributed by atoms with E-state index in [2.05, 4.69) is 24.3 Å². The van der Waals surface area contributed by atoms with Crippen LogP contribution in [0.1, 0.15) is 22.3 Å². The van der Waals surface area contributed by atoms with E-state index in [0.29, 0.717) is 11.4 Å². The number of hydrogen-bond donors (Lipinski definition) is 2. The summed E-state index contributed by atoms with van der Waals surface area (Å²) in [7, 11) is 0. The van der Waals surface area contributed by atoms with Crippen molar-refractivity contribution in [1.82, 2.24) is 0 Å². The van der Waals surface area contributed by atoms with Gasteiger partial charge in [0.25, 0.3) is 0 Å². The van der Waals surface area contributed by atoms with Crippen molar-refractivity contribution in [3.63, 3.8) is 0 Å². The molecule has 0 aliphatic heterocycles. The molecule has 0 fully saturated rings. The Hall–Kier alpha value is -1.96. The van der Waals surface area contributed by atoms with E-state index in [4.69, 9.17) is 5.73 Å². The topological polar surface area (TPSA) is 46.2 Å². The number of fused-ring (bicyclic) bond motifs is 2. The van der Waals surface area contributed by atoms with Crippen molar-refractivity contribution in [2.24, 2.45) is 0 Å². The first-order valence-corrected chi connectivity index (χ1v) is 5.91. The van der Waals surface area contributed by atoms with Gasteiger partial charge >= 0.3 is 0 Å². The summed E-state index contributed by atoms with van der Waals surface area (Å²) in [4.78, 5) is 0. The standard InChI is InChI=1S/C15H15NO/c16-13-8-12-7-11-4-2-1-3-10(11)5-6-14(12)15(17)9-13/h1-4,8-9,17H,5-7,16H2. The largest absolute Gasteiger partial charge is 0.508 e. The third-order valence-electron chi connectivity index (χ3n) is 3.48. The number of phenolic OH excluding ortho intramolecular Hbond substituents is 1. The summed E-state index contributed by atoms with van der Waals surface area (Å²) in [6.07, 6.45) is 2.74. The third kappa shape index (κ3) is 1.76. The fourth-order valence-electron chi connectivity index (χ4n) is 2.62. The number of benzene rings is 2. The quantitative estimate of drug-likeness (QED) is 0.677. The van der Waals surface area contributed by atoms with Gasteiger partial charge in [-0.3, -0.25) is 0 Å². The molecule has 2 aromatic carbocycles. The van der Waals surface area contributed by atoms with Crippen LogP contribution in [0.4, 0.5) is 5.69 Å². The molecule has 17 heavy (non-hydrogen) atoms. The molecule has 3 rings (SSSR count). The Bertz CT molecular complexity index is 575. The highest BCUT2D eigenvalue weighted by Gasteiger charge is 2.16. The molecule has 1 aliphatic carbocycles. The Morgan fingerprint density at radius 3 is 2.53 bits per heavy atom. The van der Waals surface area contributed by atoms with Gasteiger partial charge in [-0.05, 0) is 47.6 Å². The van der Waals surface area contributed by atoms with Crippen LogP contribution in [-0.2, 0) is 19.3 Å². The second kappa shape index (κ2) is 3.81. The lowest BCUT2D eigenvalue weighted by atomic mass is 9.99. The predicted octanol–water partition coefficient (Wildman–Crippen LogP) is 2.66. The lowest BCUT2D eigenvalue weighted by molar-refractivity contribution is 0.467. The van der Waals surface area contributed by atoms with E-state index >= 15 is 0 Å². The Kier molecular flexibility index (Phi) is 2.29. The first-order chi connectivity index (χ1) is 8.24. The maximum Gasteiger partial charge on any atom is 0.121 e. The van der Waals surface area contributed by atoms with Crippen LogP contribution in [0.5, 0.6) is 5.75 Å². The van der Waals surface area contributed by atoms with Gasteiger partial charge in [-0.1, -0.05) is 24.3 Å². The molecule has 2 nitrogen and oxygen atoms in total. The fourth-order valence-corrected chi connectivity index (χ4v) is 2.62. The molecule has 0 radical (unpaired) electrons. The monoisotopic (exact) mass is 225 g/mol. The zero-order valence-corrected chi connectivity index (χ0v) is 9.61. The van der Waals surface area contributed by atoms with Crippen LogP contribution >= 0.6 is 0 Å². The maximum absolute atomic E-state index is 9.96. The molecule has 0 atom stereocenters. The summed E-state index contributed by atoms with van der Waals surface area (Å²) < 4.78 is 0. The maximum atomic E-state index is 9.96. The zero-order valence-electron chi connectivity index (χ0n) is 9.61. The van der Waals surface area contributed by atoms with Gasteiger partial charge in [0.2, 0.25) is 0 Å². The van der Waals surface area contributed by atoms with E-state index in [1.165, 1.54) is 11.1 Å². The van der Waals surface area contributed by atoms with Crippen molar-refractivity contribution < 1.29 is 5.11 Å². The SMILES string of the molecule is Nc1cc(O)c2c(c1)Cc1ccccc1CC2. The lowest BCUT2D eigenvalue weighted by Gasteiger charge is -2.09. The second-order valence-corrected chi connectivity index (χ2v) is 4.62. The fraction of sp³-hybridized carbons (Fsp3) is 0.200. The minimum atomic E-state index is 0.341. The van der Waals surface area contributed by atoms with Crippen LogP contribution in [0.2, 0.25) is 0 Å². The van der Waals surface area contributed by atoms with Crippen molar-refractivity contribution in [2.45, 2.75) is 19.3 Å². The molecule has 3 N–H and O–H groups in total. The highest BCUT2D eigenvalue weighted by atomic mass is 16.3. The van der Waals surface area contributed by atoms with Crippen molar-refractivity contribution in [3.8, 4) is 5.75 Å². The van der Waals surface area contributed by atoms with E-state index < -0.39 is 0 Å². The zero-order chi connectivity index (χ0) is 11.8. The summed E-state index contributed by atoms with van der Waals surface area (Å²) in [6.45, 7) is 0. The molecular formula is C15H15NO. The van der Waals surface area contributed by atoms with Gasteiger partial charge in [0, 0.05) is 11.8 Å². The second-order valence-electron chi connectivity index (χ2n) is 4.62. The average Bonchev–Trinajstić information content (AvgIpc) is 2.47. The molecule has 2 aromatic rings. The number of aromatic hydroxyl groups is 1. The molecule has 0 unspecified atom stereocenters. The molecule has 0 aromatic heterocycles. The van der Waals surface area contributed by atoms with Crippen molar-refractivity contribution in [2.75, 3.05) is 5.73 Å². The molecule has 0 spiro atoms. The molecule has 0 amide bonds. The Balaban J connectivity index is 2.14. The van der Waals surface area contributed by atoms with E-state index in [9.17, 15) is 5.11 Å². The van der Waals surface area contributed by atoms with Gasteiger partial charge in [0.05, 0.1) is 0 Å². The minimum absolute atomic E-state index is 0.341. The number of nitrogen functional groups attached to an aromatic ring is 1. The summed E-state index contributed by atoms with van der Waals surface area (Å²) in [5.41, 5.74) is 11.4. The number of aryl methyl sites for hydroxylation is 1. The van der Waals surface area contributed by atoms with Crippen molar-refractivity contribution in [3.05, 3.63) is 58.7 Å². The van der Waals surface area contributed by atoms with Gasteiger partial charge in [0.15, 0.2) is 0 Å². The summed E-state index contributed by atoms with van der Waals surface area (Å²) in [5.74, 6) is 0.341. The first-order valence-electron chi connectivity index (χ1n) is 5.91. The van der Waals surface area contributed by atoms with Gasteiger partial charge in [-0.15, -0.1) is 0 Å². The van der Waals surface area contributed by atoms with E-state index in [1.54, 1.807) is 6.07 Å². The Morgan fingerprint density at radius 2 is 1.71 bits per heavy atom. The van der Waals surface area contributed by atoms with Gasteiger partial charge in [0.1, 0.15) is 5.75 Å².